The Balaban J connectivity index is 2.71. The maximum atomic E-state index is 13.4. The number of hydrogen-bond acceptors (Lipinski definition) is 3. The van der Waals surface area contributed by atoms with Crippen molar-refractivity contribution in [2.45, 2.75) is 6.04 Å². The summed E-state index contributed by atoms with van der Waals surface area (Å²) < 4.78 is 18.4. The summed E-state index contributed by atoms with van der Waals surface area (Å²) in [5.74, 6) is -1.97. The van der Waals surface area contributed by atoms with Crippen LogP contribution in [0, 0.1) is 5.82 Å². The molecule has 0 radical (unpaired) electrons. The lowest BCUT2D eigenvalue weighted by Crippen LogP contribution is -2.22. The van der Waals surface area contributed by atoms with Crippen molar-refractivity contribution < 1.29 is 18.7 Å². The third-order valence-corrected chi connectivity index (χ3v) is 2.18. The monoisotopic (exact) mass is 209 g/mol. The number of carbonyl (C=O) groups is 1. The molecule has 0 bridgehead atoms. The van der Waals surface area contributed by atoms with Crippen LogP contribution in [0.3, 0.4) is 0 Å². The van der Waals surface area contributed by atoms with Crippen LogP contribution in [0.4, 0.5) is 4.39 Å². The second kappa shape index (κ2) is 3.36. The van der Waals surface area contributed by atoms with E-state index in [0.717, 1.165) is 0 Å². The highest BCUT2D eigenvalue weighted by atomic mass is 19.1. The molecule has 0 saturated heterocycles. The fourth-order valence-electron chi connectivity index (χ4n) is 1.44. The van der Waals surface area contributed by atoms with E-state index in [1.165, 1.54) is 18.4 Å². The molecule has 78 valence electrons. The SMILES string of the molecule is NC(C(=O)O)c1c(F)ccc2ccoc12. The van der Waals surface area contributed by atoms with E-state index in [-0.39, 0.29) is 11.1 Å². The first-order valence-corrected chi connectivity index (χ1v) is 4.25. The molecule has 2 rings (SSSR count). The molecule has 4 nitrogen and oxygen atoms in total. The van der Waals surface area contributed by atoms with Crippen molar-refractivity contribution in [2.24, 2.45) is 5.73 Å². The van der Waals surface area contributed by atoms with Gasteiger partial charge in [-0.2, -0.15) is 0 Å². The lowest BCUT2D eigenvalue weighted by Gasteiger charge is -2.08. The highest BCUT2D eigenvalue weighted by molar-refractivity contribution is 5.86. The maximum Gasteiger partial charge on any atom is 0.325 e. The Kier molecular flexibility index (Phi) is 2.17. The Bertz CT molecular complexity index is 520. The van der Waals surface area contributed by atoms with E-state index in [2.05, 4.69) is 0 Å². The van der Waals surface area contributed by atoms with Gasteiger partial charge >= 0.3 is 5.97 Å². The number of nitrogens with two attached hydrogens (primary N) is 1. The van der Waals surface area contributed by atoms with Gasteiger partial charge in [0, 0.05) is 5.39 Å². The third kappa shape index (κ3) is 1.46. The topological polar surface area (TPSA) is 76.5 Å². The molecule has 0 saturated carbocycles. The quantitative estimate of drug-likeness (QED) is 0.788. The zero-order valence-corrected chi connectivity index (χ0v) is 7.61. The van der Waals surface area contributed by atoms with Crippen molar-refractivity contribution in [3.05, 3.63) is 35.8 Å². The van der Waals surface area contributed by atoms with Gasteiger partial charge in [0.15, 0.2) is 0 Å². The summed E-state index contributed by atoms with van der Waals surface area (Å²) >= 11 is 0. The van der Waals surface area contributed by atoms with Crippen molar-refractivity contribution in [1.29, 1.82) is 0 Å². The minimum absolute atomic E-state index is 0.120. The Morgan fingerprint density at radius 2 is 2.20 bits per heavy atom. The summed E-state index contributed by atoms with van der Waals surface area (Å²) in [7, 11) is 0. The average molecular weight is 209 g/mol. The molecule has 5 heteroatoms. The van der Waals surface area contributed by atoms with Crippen LogP contribution in [0.1, 0.15) is 11.6 Å². The molecule has 2 aromatic rings. The van der Waals surface area contributed by atoms with Gasteiger partial charge in [0.2, 0.25) is 0 Å². The van der Waals surface area contributed by atoms with Crippen LogP contribution >= 0.6 is 0 Å². The highest BCUT2D eigenvalue weighted by Crippen LogP contribution is 2.26. The largest absolute Gasteiger partial charge is 0.480 e. The number of carboxylic acids is 1. The molecule has 0 fully saturated rings. The first-order chi connectivity index (χ1) is 7.11. The summed E-state index contributed by atoms with van der Waals surface area (Å²) in [6, 6.07) is 2.88. The Hall–Kier alpha value is -1.88. The van der Waals surface area contributed by atoms with Crippen molar-refractivity contribution >= 4 is 16.9 Å². The van der Waals surface area contributed by atoms with E-state index in [1.54, 1.807) is 6.07 Å². The Morgan fingerprint density at radius 3 is 2.87 bits per heavy atom. The Morgan fingerprint density at radius 1 is 1.47 bits per heavy atom. The first kappa shape index (κ1) is 9.67. The van der Waals surface area contributed by atoms with Gasteiger partial charge in [0.1, 0.15) is 17.4 Å². The van der Waals surface area contributed by atoms with E-state index >= 15 is 0 Å². The van der Waals surface area contributed by atoms with Crippen LogP contribution < -0.4 is 5.73 Å². The normalized spacial score (nSPS) is 12.9. The molecule has 15 heavy (non-hydrogen) atoms. The molecule has 1 heterocycles. The standard InChI is InChI=1S/C10H8FNO3/c11-6-2-1-5-3-4-15-9(5)7(6)8(12)10(13)14/h1-4,8H,12H2,(H,13,14). The third-order valence-electron chi connectivity index (χ3n) is 2.18. The number of halogens is 1. The molecular formula is C10H8FNO3. The molecule has 0 aliphatic rings. The molecule has 1 aromatic heterocycles. The number of carboxylic acid groups (broad SMARTS) is 1. The summed E-state index contributed by atoms with van der Waals surface area (Å²) in [4.78, 5) is 10.7. The van der Waals surface area contributed by atoms with Gasteiger partial charge in [-0.25, -0.2) is 4.39 Å². The zero-order chi connectivity index (χ0) is 11.0. The minimum Gasteiger partial charge on any atom is -0.480 e. The summed E-state index contributed by atoms with van der Waals surface area (Å²) in [5, 5.41) is 9.35. The van der Waals surface area contributed by atoms with E-state index < -0.39 is 17.8 Å². The fourth-order valence-corrected chi connectivity index (χ4v) is 1.44. The summed E-state index contributed by atoms with van der Waals surface area (Å²) in [6.07, 6.45) is 1.36. The van der Waals surface area contributed by atoms with E-state index in [4.69, 9.17) is 15.3 Å². The smallest absolute Gasteiger partial charge is 0.325 e. The average Bonchev–Trinajstić information content (AvgIpc) is 2.64. The molecular weight excluding hydrogens is 201 g/mol. The van der Waals surface area contributed by atoms with Crippen LogP contribution in [0.15, 0.2) is 28.9 Å². The predicted molar refractivity (Wildman–Crippen MR) is 50.7 cm³/mol. The van der Waals surface area contributed by atoms with Crippen molar-refractivity contribution in [3.63, 3.8) is 0 Å². The van der Waals surface area contributed by atoms with Crippen LogP contribution in [-0.2, 0) is 4.79 Å². The van der Waals surface area contributed by atoms with Crippen molar-refractivity contribution in [2.75, 3.05) is 0 Å². The molecule has 0 aliphatic carbocycles. The number of furan rings is 1. The lowest BCUT2D eigenvalue weighted by molar-refractivity contribution is -0.138. The molecule has 1 aromatic carbocycles. The molecule has 0 spiro atoms. The van der Waals surface area contributed by atoms with Crippen LogP contribution in [-0.4, -0.2) is 11.1 Å². The first-order valence-electron chi connectivity index (χ1n) is 4.25. The summed E-state index contributed by atoms with van der Waals surface area (Å²) in [5.41, 5.74) is 5.43. The summed E-state index contributed by atoms with van der Waals surface area (Å²) in [6.45, 7) is 0. The second-order valence-electron chi connectivity index (χ2n) is 3.12. The maximum absolute atomic E-state index is 13.4. The number of aliphatic carboxylic acids is 1. The lowest BCUT2D eigenvalue weighted by atomic mass is 10.0. The van der Waals surface area contributed by atoms with Crippen LogP contribution in [0.2, 0.25) is 0 Å². The minimum atomic E-state index is -1.42. The number of benzene rings is 1. The molecule has 1 unspecified atom stereocenters. The highest BCUT2D eigenvalue weighted by Gasteiger charge is 2.22. The fraction of sp³-hybridized carbons (Fsp3) is 0.100. The van der Waals surface area contributed by atoms with Gasteiger partial charge in [0.05, 0.1) is 11.8 Å². The van der Waals surface area contributed by atoms with Gasteiger partial charge < -0.3 is 15.3 Å². The van der Waals surface area contributed by atoms with Gasteiger partial charge in [0.25, 0.3) is 0 Å². The van der Waals surface area contributed by atoms with Crippen molar-refractivity contribution in [1.82, 2.24) is 0 Å². The van der Waals surface area contributed by atoms with E-state index in [1.807, 2.05) is 0 Å². The molecule has 1 atom stereocenters. The molecule has 3 N–H and O–H groups in total. The van der Waals surface area contributed by atoms with Gasteiger partial charge in [-0.3, -0.25) is 4.79 Å². The van der Waals surface area contributed by atoms with Gasteiger partial charge in [-0.15, -0.1) is 0 Å². The van der Waals surface area contributed by atoms with Gasteiger partial charge in [-0.05, 0) is 18.2 Å². The molecule has 0 aliphatic heterocycles. The molecule has 0 amide bonds. The number of fused-ring (bicyclic) bond motifs is 1. The number of rotatable bonds is 2. The second-order valence-corrected chi connectivity index (χ2v) is 3.12. The van der Waals surface area contributed by atoms with Gasteiger partial charge in [-0.1, -0.05) is 0 Å². The number of hydrogen-bond donors (Lipinski definition) is 2. The van der Waals surface area contributed by atoms with E-state index in [0.29, 0.717) is 5.39 Å². The predicted octanol–water partition coefficient (Wildman–Crippen LogP) is 1.66. The zero-order valence-electron chi connectivity index (χ0n) is 7.61. The van der Waals surface area contributed by atoms with Crippen molar-refractivity contribution in [3.8, 4) is 0 Å². The Labute approximate surface area is 84.1 Å². The van der Waals surface area contributed by atoms with Crippen LogP contribution in [0.25, 0.3) is 11.0 Å². The van der Waals surface area contributed by atoms with Crippen LogP contribution in [0.5, 0.6) is 0 Å². The van der Waals surface area contributed by atoms with E-state index in [9.17, 15) is 9.18 Å².